The highest BCUT2D eigenvalue weighted by atomic mass is 19.3. The quantitative estimate of drug-likeness (QED) is 0.790. The van der Waals surface area contributed by atoms with E-state index in [1.807, 2.05) is 6.07 Å². The zero-order valence-electron chi connectivity index (χ0n) is 9.45. The molecule has 0 spiro atoms. The number of nitriles is 1. The predicted molar refractivity (Wildman–Crippen MR) is 54.0 cm³/mol. The first-order chi connectivity index (χ1) is 8.92. The first-order valence-corrected chi connectivity index (χ1v) is 5.28. The summed E-state index contributed by atoms with van der Waals surface area (Å²) in [5, 5.41) is 8.67. The molecule has 1 unspecified atom stereocenters. The number of hydrogen-bond acceptors (Lipinski definition) is 4. The second-order valence-electron chi connectivity index (χ2n) is 3.92. The lowest BCUT2D eigenvalue weighted by Crippen LogP contribution is -2.34. The Morgan fingerprint density at radius 3 is 2.95 bits per heavy atom. The summed E-state index contributed by atoms with van der Waals surface area (Å²) in [6.07, 6.45) is -7.75. The zero-order chi connectivity index (χ0) is 14.0. The van der Waals surface area contributed by atoms with Crippen LogP contribution in [0.1, 0.15) is 11.1 Å². The molecule has 1 aromatic rings. The van der Waals surface area contributed by atoms with E-state index in [9.17, 15) is 17.6 Å². The van der Waals surface area contributed by atoms with Gasteiger partial charge in [-0.2, -0.15) is 14.0 Å². The number of alkyl halides is 4. The van der Waals surface area contributed by atoms with Gasteiger partial charge in [-0.1, -0.05) is 0 Å². The van der Waals surface area contributed by atoms with Crippen molar-refractivity contribution in [3.05, 3.63) is 23.4 Å². The third-order valence-electron chi connectivity index (χ3n) is 2.50. The van der Waals surface area contributed by atoms with Gasteiger partial charge < -0.3 is 9.47 Å². The minimum absolute atomic E-state index is 0.178. The van der Waals surface area contributed by atoms with Gasteiger partial charge in [-0.25, -0.2) is 13.8 Å². The van der Waals surface area contributed by atoms with Crippen LogP contribution in [0.25, 0.3) is 0 Å². The summed E-state index contributed by atoms with van der Waals surface area (Å²) in [4.78, 5) is 3.82. The van der Waals surface area contributed by atoms with Crippen LogP contribution in [0.15, 0.2) is 12.3 Å². The molecule has 2 heterocycles. The molecule has 1 aliphatic heterocycles. The monoisotopic (exact) mass is 276 g/mol. The maximum atomic E-state index is 12.6. The minimum atomic E-state index is -4.50. The van der Waals surface area contributed by atoms with Crippen molar-refractivity contribution >= 4 is 0 Å². The van der Waals surface area contributed by atoms with Crippen molar-refractivity contribution in [3.63, 3.8) is 0 Å². The molecule has 4 nitrogen and oxygen atoms in total. The van der Waals surface area contributed by atoms with Crippen LogP contribution in [0.4, 0.5) is 17.6 Å². The van der Waals surface area contributed by atoms with E-state index in [0.717, 1.165) is 0 Å². The first kappa shape index (κ1) is 13.5. The van der Waals surface area contributed by atoms with Crippen LogP contribution in [0.5, 0.6) is 5.88 Å². The highest BCUT2D eigenvalue weighted by Gasteiger charge is 2.43. The Bertz CT molecular complexity index is 516. The Morgan fingerprint density at radius 2 is 2.32 bits per heavy atom. The number of halogens is 4. The van der Waals surface area contributed by atoms with Crippen LogP contribution in [0.3, 0.4) is 0 Å². The molecular weight excluding hydrogens is 268 g/mol. The van der Waals surface area contributed by atoms with E-state index < -0.39 is 25.2 Å². The van der Waals surface area contributed by atoms with E-state index in [0.29, 0.717) is 11.1 Å². The molecule has 8 heteroatoms. The van der Waals surface area contributed by atoms with Crippen LogP contribution in [0.2, 0.25) is 0 Å². The number of pyridine rings is 1. The maximum absolute atomic E-state index is 12.6. The van der Waals surface area contributed by atoms with Gasteiger partial charge >= 0.3 is 12.5 Å². The molecule has 0 saturated heterocycles. The summed E-state index contributed by atoms with van der Waals surface area (Å²) in [6.45, 7) is -0.685. The molecule has 1 aliphatic rings. The van der Waals surface area contributed by atoms with Crippen LogP contribution in [-0.2, 0) is 11.2 Å². The fourth-order valence-electron chi connectivity index (χ4n) is 1.62. The molecule has 1 atom stereocenters. The third-order valence-corrected chi connectivity index (χ3v) is 2.50. The van der Waals surface area contributed by atoms with Crippen LogP contribution < -0.4 is 4.74 Å². The average molecular weight is 276 g/mol. The van der Waals surface area contributed by atoms with Crippen molar-refractivity contribution in [1.82, 2.24) is 4.98 Å². The van der Waals surface area contributed by atoms with Gasteiger partial charge in [0.05, 0.1) is 12.2 Å². The van der Waals surface area contributed by atoms with Crippen molar-refractivity contribution < 1.29 is 27.0 Å². The molecule has 102 valence electrons. The summed E-state index contributed by atoms with van der Waals surface area (Å²) in [5.41, 5.74) is 0.870. The van der Waals surface area contributed by atoms with E-state index in [2.05, 4.69) is 9.72 Å². The molecule has 2 rings (SSSR count). The van der Waals surface area contributed by atoms with Gasteiger partial charge in [0.2, 0.25) is 5.88 Å². The molecule has 0 bridgehead atoms. The number of rotatable bonds is 4. The minimum Gasteiger partial charge on any atom is -0.471 e. The van der Waals surface area contributed by atoms with Crippen LogP contribution in [0, 0.1) is 11.3 Å². The molecule has 1 aromatic heterocycles. The maximum Gasteiger partial charge on any atom is 0.416 e. The number of fused-ring (bicyclic) bond motifs is 1. The molecule has 0 aromatic carbocycles. The topological polar surface area (TPSA) is 55.1 Å². The van der Waals surface area contributed by atoms with Gasteiger partial charge in [-0.3, -0.25) is 0 Å². The zero-order valence-corrected chi connectivity index (χ0v) is 9.45. The van der Waals surface area contributed by atoms with E-state index in [1.54, 1.807) is 0 Å². The van der Waals surface area contributed by atoms with Crippen molar-refractivity contribution in [2.45, 2.75) is 25.1 Å². The molecule has 0 N–H and O–H groups in total. The summed E-state index contributed by atoms with van der Waals surface area (Å²) in [7, 11) is 0. The molecule has 0 saturated carbocycles. The lowest BCUT2D eigenvalue weighted by molar-refractivity contribution is -0.305. The Kier molecular flexibility index (Phi) is 3.57. The van der Waals surface area contributed by atoms with Gasteiger partial charge in [-0.05, 0) is 6.07 Å². The van der Waals surface area contributed by atoms with Gasteiger partial charge in [-0.15, -0.1) is 0 Å². The van der Waals surface area contributed by atoms with Gasteiger partial charge in [0.1, 0.15) is 12.2 Å². The lowest BCUT2D eigenvalue weighted by atomic mass is 10.1. The standard InChI is InChI=1S/C11H8F4N2O2/c12-10(13)11(14,15)18-5-8-2-7-1-6(3-16)4-17-9(7)19-8/h1,4,8,10H,2,5H2. The fraction of sp³-hybridized carbons (Fsp3) is 0.455. The molecule has 0 amide bonds. The number of hydrogen-bond donors (Lipinski definition) is 0. The van der Waals surface area contributed by atoms with Gasteiger partial charge in [0, 0.05) is 18.2 Å². The molecule has 19 heavy (non-hydrogen) atoms. The second-order valence-corrected chi connectivity index (χ2v) is 3.92. The SMILES string of the molecule is N#Cc1cnc2c(c1)CC(COC(F)(F)C(F)F)O2. The smallest absolute Gasteiger partial charge is 0.416 e. The summed E-state index contributed by atoms with van der Waals surface area (Å²) < 4.78 is 57.9. The largest absolute Gasteiger partial charge is 0.471 e. The number of ether oxygens (including phenoxy) is 2. The van der Waals surface area contributed by atoms with Crippen molar-refractivity contribution in [1.29, 1.82) is 5.26 Å². The first-order valence-electron chi connectivity index (χ1n) is 5.28. The van der Waals surface area contributed by atoms with Gasteiger partial charge in [0.25, 0.3) is 0 Å². The molecule has 0 radical (unpaired) electrons. The van der Waals surface area contributed by atoms with E-state index in [4.69, 9.17) is 10.00 Å². The van der Waals surface area contributed by atoms with Crippen LogP contribution >= 0.6 is 0 Å². The predicted octanol–water partition coefficient (Wildman–Crippen LogP) is 2.13. The Morgan fingerprint density at radius 1 is 1.58 bits per heavy atom. The molecular formula is C11H8F4N2O2. The normalized spacial score (nSPS) is 18.0. The summed E-state index contributed by atoms with van der Waals surface area (Å²) in [5.74, 6) is 0.202. The highest BCUT2D eigenvalue weighted by Crippen LogP contribution is 2.29. The van der Waals surface area contributed by atoms with E-state index in [1.165, 1.54) is 12.3 Å². The Labute approximate surface area is 105 Å². The number of nitrogens with zero attached hydrogens (tertiary/aromatic N) is 2. The van der Waals surface area contributed by atoms with Crippen molar-refractivity contribution in [2.24, 2.45) is 0 Å². The summed E-state index contributed by atoms with van der Waals surface area (Å²) in [6, 6.07) is 3.38. The Hall–Kier alpha value is -1.88. The highest BCUT2D eigenvalue weighted by molar-refractivity contribution is 5.38. The van der Waals surface area contributed by atoms with Crippen LogP contribution in [-0.4, -0.2) is 30.2 Å². The van der Waals surface area contributed by atoms with E-state index >= 15 is 0 Å². The average Bonchev–Trinajstić information content (AvgIpc) is 2.77. The fourth-order valence-corrected chi connectivity index (χ4v) is 1.62. The van der Waals surface area contributed by atoms with Crippen molar-refractivity contribution in [3.8, 4) is 11.9 Å². The van der Waals surface area contributed by atoms with Crippen molar-refractivity contribution in [2.75, 3.05) is 6.61 Å². The number of aromatic nitrogens is 1. The molecule has 0 fully saturated rings. The second kappa shape index (κ2) is 5.01. The Balaban J connectivity index is 1.96. The van der Waals surface area contributed by atoms with Gasteiger partial charge in [0.15, 0.2) is 0 Å². The molecule has 0 aliphatic carbocycles. The lowest BCUT2D eigenvalue weighted by Gasteiger charge is -2.18. The summed E-state index contributed by atoms with van der Waals surface area (Å²) >= 11 is 0. The third kappa shape index (κ3) is 2.93. The van der Waals surface area contributed by atoms with E-state index in [-0.39, 0.29) is 12.3 Å².